The molecule has 1 unspecified atom stereocenters. The maximum absolute atomic E-state index is 13.2. The summed E-state index contributed by atoms with van der Waals surface area (Å²) < 4.78 is 11.2. The first-order valence-corrected chi connectivity index (χ1v) is 10.6. The molecule has 0 amide bonds. The van der Waals surface area contributed by atoms with Crippen LogP contribution in [0.25, 0.3) is 10.8 Å². The summed E-state index contributed by atoms with van der Waals surface area (Å²) >= 11 is 0. The average molecular weight is 440 g/mol. The monoisotopic (exact) mass is 440 g/mol. The molecule has 5 rings (SSSR count). The second-order valence-electron chi connectivity index (χ2n) is 7.75. The molecule has 6 heteroatoms. The zero-order valence-electron chi connectivity index (χ0n) is 17.8. The molecule has 1 atom stereocenters. The third kappa shape index (κ3) is 3.36. The molecule has 0 bridgehead atoms. The first-order valence-electron chi connectivity index (χ1n) is 10.6. The van der Waals surface area contributed by atoms with Gasteiger partial charge in [0.25, 0.3) is 0 Å². The Morgan fingerprint density at radius 2 is 1.61 bits per heavy atom. The Morgan fingerprint density at radius 3 is 2.42 bits per heavy atom. The van der Waals surface area contributed by atoms with Gasteiger partial charge in [0.05, 0.1) is 0 Å². The highest BCUT2D eigenvalue weighted by atomic mass is 17.2. The fourth-order valence-corrected chi connectivity index (χ4v) is 4.28. The van der Waals surface area contributed by atoms with E-state index in [9.17, 15) is 14.8 Å². The summed E-state index contributed by atoms with van der Waals surface area (Å²) in [6.45, 7) is 1.97. The van der Waals surface area contributed by atoms with Crippen molar-refractivity contribution in [2.24, 2.45) is 0 Å². The van der Waals surface area contributed by atoms with E-state index in [1.54, 1.807) is 54.6 Å². The molecule has 0 spiro atoms. The van der Waals surface area contributed by atoms with Crippen molar-refractivity contribution in [1.29, 1.82) is 0 Å². The molecular weight excluding hydrogens is 420 g/mol. The predicted molar refractivity (Wildman–Crippen MR) is 121 cm³/mol. The summed E-state index contributed by atoms with van der Waals surface area (Å²) in [5.41, 5.74) is 1.92. The first kappa shape index (κ1) is 20.9. The van der Waals surface area contributed by atoms with Crippen LogP contribution in [0.1, 0.15) is 39.5 Å². The lowest BCUT2D eigenvalue weighted by Crippen LogP contribution is -2.42. The van der Waals surface area contributed by atoms with Crippen LogP contribution in [0.5, 0.6) is 5.75 Å². The number of hydrogen-bond donors (Lipinski definition) is 1. The standard InChI is InChI=1S/C27H20O6/c1-2-17-14-15-23-21(16-17)25(28)20-11-5-6-12-22(20)27(23,33-30)32-26(29)31-24-13-7-9-18-8-3-4-10-19(18)24/h3-16,30H,2H2,1H3. The molecule has 0 radical (unpaired) electrons. The van der Waals surface area contributed by atoms with Crippen molar-refractivity contribution in [2.45, 2.75) is 19.1 Å². The molecule has 0 saturated heterocycles. The van der Waals surface area contributed by atoms with Crippen LogP contribution in [0.15, 0.2) is 84.9 Å². The Kier molecular flexibility index (Phi) is 5.17. The number of hydrogen-bond acceptors (Lipinski definition) is 6. The summed E-state index contributed by atoms with van der Waals surface area (Å²) in [7, 11) is 0. The van der Waals surface area contributed by atoms with Gasteiger partial charge >= 0.3 is 11.9 Å². The van der Waals surface area contributed by atoms with Crippen LogP contribution in [0, 0.1) is 0 Å². The van der Waals surface area contributed by atoms with Crippen LogP contribution < -0.4 is 4.74 Å². The van der Waals surface area contributed by atoms with E-state index in [2.05, 4.69) is 0 Å². The van der Waals surface area contributed by atoms with Gasteiger partial charge in [-0.15, -0.1) is 0 Å². The van der Waals surface area contributed by atoms with Crippen molar-refractivity contribution in [2.75, 3.05) is 0 Å². The highest BCUT2D eigenvalue weighted by Crippen LogP contribution is 2.44. The van der Waals surface area contributed by atoms with Gasteiger partial charge in [-0.2, -0.15) is 4.89 Å². The molecule has 1 aliphatic rings. The normalized spacial score (nSPS) is 16.7. The summed E-state index contributed by atoms with van der Waals surface area (Å²) in [6.07, 6.45) is -0.380. The number of rotatable bonds is 4. The van der Waals surface area contributed by atoms with Crippen molar-refractivity contribution in [3.8, 4) is 5.75 Å². The SMILES string of the molecule is CCc1ccc2c(c1)C(=O)c1ccccc1C2(OO)OC(=O)Oc1cccc2ccccc12. The Morgan fingerprint density at radius 1 is 0.879 bits per heavy atom. The van der Waals surface area contributed by atoms with E-state index >= 15 is 0 Å². The number of ketones is 1. The van der Waals surface area contributed by atoms with E-state index in [-0.39, 0.29) is 22.5 Å². The topological polar surface area (TPSA) is 82.1 Å². The van der Waals surface area contributed by atoms with E-state index in [0.29, 0.717) is 17.7 Å². The number of ether oxygens (including phenoxy) is 2. The lowest BCUT2D eigenvalue weighted by atomic mass is 9.79. The molecule has 6 nitrogen and oxygen atoms in total. The lowest BCUT2D eigenvalue weighted by molar-refractivity contribution is -0.382. The smallest absolute Gasteiger partial charge is 0.394 e. The van der Waals surface area contributed by atoms with Crippen molar-refractivity contribution >= 4 is 22.7 Å². The molecule has 0 aromatic heterocycles. The van der Waals surface area contributed by atoms with Crippen LogP contribution >= 0.6 is 0 Å². The zero-order valence-corrected chi connectivity index (χ0v) is 17.8. The Bertz CT molecular complexity index is 1390. The zero-order chi connectivity index (χ0) is 23.0. The van der Waals surface area contributed by atoms with Gasteiger partial charge in [-0.3, -0.25) is 4.79 Å². The molecule has 0 fully saturated rings. The van der Waals surface area contributed by atoms with Crippen molar-refractivity contribution in [3.05, 3.63) is 113 Å². The molecule has 33 heavy (non-hydrogen) atoms. The Labute approximate surface area is 189 Å². The molecular formula is C27H20O6. The van der Waals surface area contributed by atoms with Crippen LogP contribution in [0.3, 0.4) is 0 Å². The number of benzene rings is 4. The summed E-state index contributed by atoms with van der Waals surface area (Å²) in [5.74, 6) is -2.00. The molecule has 1 N–H and O–H groups in total. The van der Waals surface area contributed by atoms with Crippen LogP contribution in [-0.4, -0.2) is 17.2 Å². The Balaban J connectivity index is 1.59. The fourth-order valence-electron chi connectivity index (χ4n) is 4.28. The number of carbonyl (C=O) groups excluding carboxylic acids is 2. The van der Waals surface area contributed by atoms with Gasteiger partial charge in [-0.05, 0) is 29.5 Å². The summed E-state index contributed by atoms with van der Waals surface area (Å²) in [4.78, 5) is 31.1. The highest BCUT2D eigenvalue weighted by Gasteiger charge is 2.49. The molecule has 0 heterocycles. The van der Waals surface area contributed by atoms with Crippen molar-refractivity contribution in [3.63, 3.8) is 0 Å². The van der Waals surface area contributed by atoms with Gasteiger partial charge in [-0.25, -0.2) is 10.1 Å². The van der Waals surface area contributed by atoms with Crippen molar-refractivity contribution in [1.82, 2.24) is 0 Å². The van der Waals surface area contributed by atoms with Crippen LogP contribution in [0.2, 0.25) is 0 Å². The molecule has 4 aromatic carbocycles. The van der Waals surface area contributed by atoms with E-state index < -0.39 is 11.9 Å². The highest BCUT2D eigenvalue weighted by molar-refractivity contribution is 6.13. The molecule has 0 aliphatic heterocycles. The van der Waals surface area contributed by atoms with Gasteiger partial charge in [-0.1, -0.05) is 79.7 Å². The van der Waals surface area contributed by atoms with Crippen LogP contribution in [-0.2, 0) is 21.8 Å². The molecule has 0 saturated carbocycles. The number of fused-ring (bicyclic) bond motifs is 3. The number of carbonyl (C=O) groups is 2. The minimum Gasteiger partial charge on any atom is -0.394 e. The van der Waals surface area contributed by atoms with E-state index in [1.807, 2.05) is 37.3 Å². The third-order valence-corrected chi connectivity index (χ3v) is 5.92. The minimum absolute atomic E-state index is 0.212. The van der Waals surface area contributed by atoms with Crippen molar-refractivity contribution < 1.29 is 29.2 Å². The third-order valence-electron chi connectivity index (χ3n) is 5.92. The first-order chi connectivity index (χ1) is 16.1. The minimum atomic E-state index is -2.06. The van der Waals surface area contributed by atoms with Crippen LogP contribution in [0.4, 0.5) is 4.79 Å². The summed E-state index contributed by atoms with van der Waals surface area (Å²) in [6, 6.07) is 24.5. The van der Waals surface area contributed by atoms with E-state index in [0.717, 1.165) is 16.3 Å². The predicted octanol–water partition coefficient (Wildman–Crippen LogP) is 5.85. The van der Waals surface area contributed by atoms with Gasteiger partial charge in [0.2, 0.25) is 0 Å². The maximum Gasteiger partial charge on any atom is 0.517 e. The summed E-state index contributed by atoms with van der Waals surface area (Å²) in [5, 5.41) is 11.7. The lowest BCUT2D eigenvalue weighted by Gasteiger charge is -2.35. The van der Waals surface area contributed by atoms with Gasteiger partial charge in [0, 0.05) is 27.6 Å². The fraction of sp³-hybridized carbons (Fsp3) is 0.111. The maximum atomic E-state index is 13.2. The van der Waals surface area contributed by atoms with E-state index in [4.69, 9.17) is 14.4 Å². The largest absolute Gasteiger partial charge is 0.517 e. The van der Waals surface area contributed by atoms with Gasteiger partial charge in [0.1, 0.15) is 5.75 Å². The Hall–Kier alpha value is -4.00. The quantitative estimate of drug-likeness (QED) is 0.141. The molecule has 164 valence electrons. The second-order valence-corrected chi connectivity index (χ2v) is 7.75. The van der Waals surface area contributed by atoms with Gasteiger partial charge < -0.3 is 9.47 Å². The number of aryl methyl sites for hydroxylation is 1. The molecule has 1 aliphatic carbocycles. The average Bonchev–Trinajstić information content (AvgIpc) is 2.86. The molecule has 4 aromatic rings. The van der Waals surface area contributed by atoms with Gasteiger partial charge in [0.15, 0.2) is 5.78 Å². The second kappa shape index (κ2) is 8.16. The van der Waals surface area contributed by atoms with E-state index in [1.165, 1.54) is 0 Å².